The first kappa shape index (κ1) is 22.6. The Hall–Kier alpha value is -1.37. The van der Waals surface area contributed by atoms with Crippen LogP contribution in [0, 0.1) is 0 Å². The van der Waals surface area contributed by atoms with Crippen molar-refractivity contribution in [2.45, 2.75) is 92.9 Å². The molecule has 0 aromatic heterocycles. The van der Waals surface area contributed by atoms with Gasteiger partial charge in [-0.25, -0.2) is 0 Å². The first-order chi connectivity index (χ1) is 11.3. The standard InChI is InChI=1S/C23H38O/c1-19(2)11-7-12-20(3)13-8-14-21(4)15-9-16-22(5)17-10-18-23(6)24/h11,13,15,17H,7-10,12,14,16,18H2,1-6H3/b20-13-,21-15+,22-17?. The van der Waals surface area contributed by atoms with E-state index in [0.29, 0.717) is 6.42 Å². The van der Waals surface area contributed by atoms with E-state index in [1.807, 2.05) is 0 Å². The van der Waals surface area contributed by atoms with E-state index < -0.39 is 0 Å². The number of Topliss-reactive ketones (excluding diaryl/α,β-unsaturated/α-hetero) is 1. The minimum absolute atomic E-state index is 0.277. The van der Waals surface area contributed by atoms with Crippen LogP contribution in [0.25, 0.3) is 0 Å². The Kier molecular flexibility index (Phi) is 13.2. The maximum atomic E-state index is 10.9. The van der Waals surface area contributed by atoms with Crippen LogP contribution in [-0.2, 0) is 4.79 Å². The topological polar surface area (TPSA) is 17.1 Å². The van der Waals surface area contributed by atoms with E-state index in [1.165, 1.54) is 28.7 Å². The lowest BCUT2D eigenvalue weighted by Crippen LogP contribution is -1.87. The minimum Gasteiger partial charge on any atom is -0.300 e. The number of carbonyl (C=O) groups is 1. The van der Waals surface area contributed by atoms with Crippen molar-refractivity contribution in [1.82, 2.24) is 0 Å². The zero-order chi connectivity index (χ0) is 18.4. The van der Waals surface area contributed by atoms with Crippen LogP contribution < -0.4 is 0 Å². The molecule has 0 aliphatic carbocycles. The van der Waals surface area contributed by atoms with Gasteiger partial charge in [-0.1, -0.05) is 46.6 Å². The van der Waals surface area contributed by atoms with Crippen LogP contribution in [-0.4, -0.2) is 5.78 Å². The molecule has 0 radical (unpaired) electrons. The smallest absolute Gasteiger partial charge is 0.130 e. The number of hydrogen-bond acceptors (Lipinski definition) is 1. The summed E-state index contributed by atoms with van der Waals surface area (Å²) in [6.45, 7) is 12.6. The van der Waals surface area contributed by atoms with Crippen molar-refractivity contribution in [3.8, 4) is 0 Å². The summed E-state index contributed by atoms with van der Waals surface area (Å²) in [4.78, 5) is 10.9. The minimum atomic E-state index is 0.277. The molecule has 0 saturated carbocycles. The van der Waals surface area contributed by atoms with Crippen molar-refractivity contribution in [2.24, 2.45) is 0 Å². The molecular weight excluding hydrogens is 292 g/mol. The fourth-order valence-electron chi connectivity index (χ4n) is 2.51. The molecule has 0 spiro atoms. The van der Waals surface area contributed by atoms with Crippen LogP contribution in [0.2, 0.25) is 0 Å². The SMILES string of the molecule is CC(=O)CCC=C(C)CC/C=C(\C)CC/C=C(/C)CCC=C(C)C. The van der Waals surface area contributed by atoms with E-state index in [-0.39, 0.29) is 5.78 Å². The number of allylic oxidation sites excluding steroid dienone is 8. The van der Waals surface area contributed by atoms with Gasteiger partial charge in [0.25, 0.3) is 0 Å². The summed E-state index contributed by atoms with van der Waals surface area (Å²) in [6.07, 6.45) is 17.7. The summed E-state index contributed by atoms with van der Waals surface area (Å²) < 4.78 is 0. The molecular formula is C23H38O. The summed E-state index contributed by atoms with van der Waals surface area (Å²) in [7, 11) is 0. The molecule has 0 rings (SSSR count). The second kappa shape index (κ2) is 14.0. The van der Waals surface area contributed by atoms with Gasteiger partial charge < -0.3 is 4.79 Å². The lowest BCUT2D eigenvalue weighted by Gasteiger charge is -2.02. The molecule has 1 nitrogen and oxygen atoms in total. The zero-order valence-electron chi connectivity index (χ0n) is 16.9. The molecule has 0 N–H and O–H groups in total. The van der Waals surface area contributed by atoms with Crippen LogP contribution in [0.4, 0.5) is 0 Å². The Morgan fingerprint density at radius 1 is 0.542 bits per heavy atom. The first-order valence-corrected chi connectivity index (χ1v) is 9.41. The molecule has 1 heteroatoms. The van der Waals surface area contributed by atoms with Gasteiger partial charge in [0.1, 0.15) is 5.78 Å². The van der Waals surface area contributed by atoms with Crippen LogP contribution in [0.3, 0.4) is 0 Å². The second-order valence-electron chi connectivity index (χ2n) is 7.29. The summed E-state index contributed by atoms with van der Waals surface area (Å²) in [5.74, 6) is 0.277. The van der Waals surface area contributed by atoms with E-state index in [2.05, 4.69) is 58.9 Å². The molecule has 0 aromatic carbocycles. The number of carbonyl (C=O) groups excluding carboxylic acids is 1. The van der Waals surface area contributed by atoms with Gasteiger partial charge in [0.05, 0.1) is 0 Å². The van der Waals surface area contributed by atoms with Crippen molar-refractivity contribution in [1.29, 1.82) is 0 Å². The van der Waals surface area contributed by atoms with Gasteiger partial charge in [0.15, 0.2) is 0 Å². The summed E-state index contributed by atoms with van der Waals surface area (Å²) in [6, 6.07) is 0. The predicted molar refractivity (Wildman–Crippen MR) is 108 cm³/mol. The Bertz CT molecular complexity index is 482. The molecule has 0 atom stereocenters. The molecule has 0 fully saturated rings. The van der Waals surface area contributed by atoms with Crippen LogP contribution in [0.15, 0.2) is 46.6 Å². The Balaban J connectivity index is 3.98. The molecule has 0 bridgehead atoms. The third-order valence-corrected chi connectivity index (χ3v) is 4.14. The van der Waals surface area contributed by atoms with Crippen LogP contribution in [0.5, 0.6) is 0 Å². The normalized spacial score (nSPS) is 13.2. The van der Waals surface area contributed by atoms with Gasteiger partial charge >= 0.3 is 0 Å². The lowest BCUT2D eigenvalue weighted by molar-refractivity contribution is -0.116. The molecule has 0 heterocycles. The highest BCUT2D eigenvalue weighted by atomic mass is 16.1. The predicted octanol–water partition coefficient (Wildman–Crippen LogP) is 7.50. The third-order valence-electron chi connectivity index (χ3n) is 4.14. The number of ketones is 1. The van der Waals surface area contributed by atoms with E-state index >= 15 is 0 Å². The number of hydrogen-bond donors (Lipinski definition) is 0. The zero-order valence-corrected chi connectivity index (χ0v) is 16.9. The molecule has 0 aliphatic rings. The van der Waals surface area contributed by atoms with Gasteiger partial charge in [-0.05, 0) is 86.5 Å². The van der Waals surface area contributed by atoms with Gasteiger partial charge in [0.2, 0.25) is 0 Å². The van der Waals surface area contributed by atoms with E-state index in [4.69, 9.17) is 0 Å². The largest absolute Gasteiger partial charge is 0.300 e. The quantitative estimate of drug-likeness (QED) is 0.338. The second-order valence-corrected chi connectivity index (χ2v) is 7.29. The highest BCUT2D eigenvalue weighted by Gasteiger charge is 1.94. The third kappa shape index (κ3) is 15.5. The van der Waals surface area contributed by atoms with Crippen molar-refractivity contribution in [3.05, 3.63) is 46.6 Å². The van der Waals surface area contributed by atoms with Gasteiger partial charge in [-0.2, -0.15) is 0 Å². The first-order valence-electron chi connectivity index (χ1n) is 9.41. The average molecular weight is 331 g/mol. The monoisotopic (exact) mass is 330 g/mol. The van der Waals surface area contributed by atoms with Crippen molar-refractivity contribution >= 4 is 5.78 Å². The molecule has 0 unspecified atom stereocenters. The maximum absolute atomic E-state index is 10.9. The van der Waals surface area contributed by atoms with Crippen LogP contribution >= 0.6 is 0 Å². The lowest BCUT2D eigenvalue weighted by atomic mass is 10.0. The fraction of sp³-hybridized carbons (Fsp3) is 0.609. The molecule has 0 amide bonds. The number of rotatable bonds is 12. The maximum Gasteiger partial charge on any atom is 0.130 e. The summed E-state index contributed by atoms with van der Waals surface area (Å²) in [5, 5.41) is 0. The summed E-state index contributed by atoms with van der Waals surface area (Å²) >= 11 is 0. The summed E-state index contributed by atoms with van der Waals surface area (Å²) in [5.41, 5.74) is 5.80. The van der Waals surface area contributed by atoms with Gasteiger partial charge in [0, 0.05) is 6.42 Å². The van der Waals surface area contributed by atoms with E-state index in [9.17, 15) is 4.79 Å². The Labute approximate surface area is 150 Å². The van der Waals surface area contributed by atoms with Crippen molar-refractivity contribution < 1.29 is 4.79 Å². The molecule has 24 heavy (non-hydrogen) atoms. The molecule has 136 valence electrons. The van der Waals surface area contributed by atoms with Crippen LogP contribution in [0.1, 0.15) is 92.9 Å². The highest BCUT2D eigenvalue weighted by Crippen LogP contribution is 2.14. The van der Waals surface area contributed by atoms with Gasteiger partial charge in [-0.3, -0.25) is 0 Å². The van der Waals surface area contributed by atoms with E-state index in [0.717, 1.165) is 38.5 Å². The van der Waals surface area contributed by atoms with Gasteiger partial charge in [-0.15, -0.1) is 0 Å². The fourth-order valence-corrected chi connectivity index (χ4v) is 2.51. The average Bonchev–Trinajstić information content (AvgIpc) is 2.46. The highest BCUT2D eigenvalue weighted by molar-refractivity contribution is 5.75. The molecule has 0 aliphatic heterocycles. The Morgan fingerprint density at radius 2 is 0.875 bits per heavy atom. The van der Waals surface area contributed by atoms with Crippen molar-refractivity contribution in [3.63, 3.8) is 0 Å². The molecule has 0 saturated heterocycles. The molecule has 0 aromatic rings. The van der Waals surface area contributed by atoms with Crippen molar-refractivity contribution in [2.75, 3.05) is 0 Å². The van der Waals surface area contributed by atoms with E-state index in [1.54, 1.807) is 6.92 Å². The Morgan fingerprint density at radius 3 is 1.21 bits per heavy atom.